The average Bonchev–Trinajstić information content (AvgIpc) is 2.10. The molecule has 1 fully saturated rings. The lowest BCUT2D eigenvalue weighted by atomic mass is 9.90. The van der Waals surface area contributed by atoms with Crippen molar-refractivity contribution in [1.29, 1.82) is 0 Å². The van der Waals surface area contributed by atoms with Crippen LogP contribution in [-0.4, -0.2) is 43.8 Å². The Labute approximate surface area is 92.0 Å². The van der Waals surface area contributed by atoms with Crippen LogP contribution in [0, 0.1) is 0 Å². The predicted octanol–water partition coefficient (Wildman–Crippen LogP) is 1.63. The van der Waals surface area contributed by atoms with Gasteiger partial charge in [0.2, 0.25) is 0 Å². The largest absolute Gasteiger partial charge is 0.383 e. The number of ketones is 1. The Bertz CT molecular complexity index is 273. The van der Waals surface area contributed by atoms with Crippen LogP contribution in [0.15, 0.2) is 23.5 Å². The van der Waals surface area contributed by atoms with Gasteiger partial charge in [-0.25, -0.2) is 0 Å². The molecule has 0 aromatic rings. The van der Waals surface area contributed by atoms with Crippen LogP contribution in [-0.2, 0) is 4.79 Å². The summed E-state index contributed by atoms with van der Waals surface area (Å²) < 4.78 is 0. The SMILES string of the molecule is CN(C)C=C1CCCC(=CN(C)C)C1=O. The summed E-state index contributed by atoms with van der Waals surface area (Å²) in [6.45, 7) is 0. The number of allylic oxidation sites excluding steroid dienone is 2. The zero-order valence-electron chi connectivity index (χ0n) is 10.1. The third-order valence-electron chi connectivity index (χ3n) is 2.30. The van der Waals surface area contributed by atoms with Crippen LogP contribution in [0.3, 0.4) is 0 Å². The lowest BCUT2D eigenvalue weighted by Gasteiger charge is -2.19. The molecule has 3 heteroatoms. The highest BCUT2D eigenvalue weighted by Gasteiger charge is 2.20. The molecule has 0 N–H and O–H groups in total. The first kappa shape index (κ1) is 11.8. The van der Waals surface area contributed by atoms with Crippen LogP contribution < -0.4 is 0 Å². The van der Waals surface area contributed by atoms with Crippen LogP contribution in [0.25, 0.3) is 0 Å². The fourth-order valence-corrected chi connectivity index (χ4v) is 1.77. The number of carbonyl (C=O) groups is 1. The summed E-state index contributed by atoms with van der Waals surface area (Å²) >= 11 is 0. The van der Waals surface area contributed by atoms with Crippen molar-refractivity contribution in [3.05, 3.63) is 23.5 Å². The van der Waals surface area contributed by atoms with Crippen LogP contribution in [0.5, 0.6) is 0 Å². The molecule has 3 nitrogen and oxygen atoms in total. The molecule has 84 valence electrons. The Hall–Kier alpha value is -1.25. The van der Waals surface area contributed by atoms with E-state index in [4.69, 9.17) is 0 Å². The van der Waals surface area contributed by atoms with Gasteiger partial charge >= 0.3 is 0 Å². The molecule has 0 bridgehead atoms. The lowest BCUT2D eigenvalue weighted by Crippen LogP contribution is -2.18. The quantitative estimate of drug-likeness (QED) is 0.644. The molecular weight excluding hydrogens is 188 g/mol. The average molecular weight is 208 g/mol. The number of nitrogens with zero attached hydrogens (tertiary/aromatic N) is 2. The van der Waals surface area contributed by atoms with Gasteiger partial charge < -0.3 is 9.80 Å². The Balaban J connectivity index is 2.85. The second-order valence-electron chi connectivity index (χ2n) is 4.42. The second-order valence-corrected chi connectivity index (χ2v) is 4.42. The molecule has 0 heterocycles. The molecule has 0 saturated heterocycles. The van der Waals surface area contributed by atoms with Crippen molar-refractivity contribution in [3.8, 4) is 0 Å². The molecule has 0 radical (unpaired) electrons. The standard InChI is InChI=1S/C12H20N2O/c1-13(2)8-10-6-5-7-11(12(10)15)9-14(3)4/h8-9H,5-7H2,1-4H3. The fraction of sp³-hybridized carbons (Fsp3) is 0.583. The summed E-state index contributed by atoms with van der Waals surface area (Å²) in [5.41, 5.74) is 1.86. The minimum atomic E-state index is 0.212. The highest BCUT2D eigenvalue weighted by atomic mass is 16.1. The van der Waals surface area contributed by atoms with Gasteiger partial charge in [0.25, 0.3) is 0 Å². The summed E-state index contributed by atoms with van der Waals surface area (Å²) in [4.78, 5) is 15.9. The molecule has 1 saturated carbocycles. The molecule has 1 aliphatic rings. The highest BCUT2D eigenvalue weighted by Crippen LogP contribution is 2.24. The van der Waals surface area contributed by atoms with Crippen molar-refractivity contribution < 1.29 is 4.79 Å². The number of rotatable bonds is 2. The Morgan fingerprint density at radius 1 is 0.933 bits per heavy atom. The van der Waals surface area contributed by atoms with Crippen molar-refractivity contribution >= 4 is 5.78 Å². The normalized spacial score (nSPS) is 22.3. The molecule has 1 rings (SSSR count). The molecule has 0 aromatic carbocycles. The third-order valence-corrected chi connectivity index (χ3v) is 2.30. The topological polar surface area (TPSA) is 23.6 Å². The second kappa shape index (κ2) is 5.01. The third kappa shape index (κ3) is 3.42. The Kier molecular flexibility index (Phi) is 3.95. The van der Waals surface area contributed by atoms with Gasteiger partial charge in [-0.3, -0.25) is 4.79 Å². The van der Waals surface area contributed by atoms with Gasteiger partial charge in [-0.15, -0.1) is 0 Å². The summed E-state index contributed by atoms with van der Waals surface area (Å²) in [6.07, 6.45) is 6.75. The van der Waals surface area contributed by atoms with Gasteiger partial charge in [-0.2, -0.15) is 0 Å². The van der Waals surface area contributed by atoms with E-state index in [1.807, 2.05) is 50.4 Å². The maximum absolute atomic E-state index is 12.0. The fourth-order valence-electron chi connectivity index (χ4n) is 1.77. The molecule has 0 unspecified atom stereocenters. The van der Waals surface area contributed by atoms with Gasteiger partial charge in [-0.05, 0) is 19.3 Å². The van der Waals surface area contributed by atoms with Gasteiger partial charge in [-0.1, -0.05) is 0 Å². The maximum Gasteiger partial charge on any atom is 0.187 e. The van der Waals surface area contributed by atoms with E-state index in [1.165, 1.54) is 0 Å². The van der Waals surface area contributed by atoms with Crippen molar-refractivity contribution in [2.45, 2.75) is 19.3 Å². The number of hydrogen-bond donors (Lipinski definition) is 0. The van der Waals surface area contributed by atoms with E-state index in [1.54, 1.807) is 0 Å². The number of Topliss-reactive ketones (excluding diaryl/α,β-unsaturated/α-hetero) is 1. The number of carbonyl (C=O) groups excluding carboxylic acids is 1. The Morgan fingerprint density at radius 3 is 1.67 bits per heavy atom. The van der Waals surface area contributed by atoms with Crippen LogP contribution in [0.4, 0.5) is 0 Å². The van der Waals surface area contributed by atoms with E-state index in [-0.39, 0.29) is 5.78 Å². The van der Waals surface area contributed by atoms with E-state index < -0.39 is 0 Å². The first-order valence-electron chi connectivity index (χ1n) is 5.29. The minimum absolute atomic E-state index is 0.212. The minimum Gasteiger partial charge on any atom is -0.383 e. The van der Waals surface area contributed by atoms with E-state index in [0.29, 0.717) is 0 Å². The molecule has 0 spiro atoms. The van der Waals surface area contributed by atoms with Crippen LogP contribution in [0.1, 0.15) is 19.3 Å². The van der Waals surface area contributed by atoms with Crippen LogP contribution >= 0.6 is 0 Å². The molecular formula is C12H20N2O. The zero-order chi connectivity index (χ0) is 11.4. The van der Waals surface area contributed by atoms with Gasteiger partial charge in [0.05, 0.1) is 0 Å². The molecule has 1 aliphatic carbocycles. The summed E-state index contributed by atoms with van der Waals surface area (Å²) in [5.74, 6) is 0.212. The van der Waals surface area contributed by atoms with Crippen molar-refractivity contribution in [2.75, 3.05) is 28.2 Å². The molecule has 0 aromatic heterocycles. The first-order valence-corrected chi connectivity index (χ1v) is 5.29. The molecule has 0 amide bonds. The molecule has 0 aliphatic heterocycles. The molecule has 15 heavy (non-hydrogen) atoms. The van der Waals surface area contributed by atoms with E-state index in [2.05, 4.69) is 0 Å². The monoisotopic (exact) mass is 208 g/mol. The van der Waals surface area contributed by atoms with E-state index in [9.17, 15) is 4.79 Å². The van der Waals surface area contributed by atoms with Crippen molar-refractivity contribution in [3.63, 3.8) is 0 Å². The highest BCUT2D eigenvalue weighted by molar-refractivity contribution is 6.08. The lowest BCUT2D eigenvalue weighted by molar-refractivity contribution is -0.113. The Morgan fingerprint density at radius 2 is 1.33 bits per heavy atom. The smallest absolute Gasteiger partial charge is 0.187 e. The van der Waals surface area contributed by atoms with Crippen molar-refractivity contribution in [2.24, 2.45) is 0 Å². The van der Waals surface area contributed by atoms with Gasteiger partial charge in [0.1, 0.15) is 0 Å². The summed E-state index contributed by atoms with van der Waals surface area (Å²) in [7, 11) is 7.79. The maximum atomic E-state index is 12.0. The van der Waals surface area contributed by atoms with Crippen LogP contribution in [0.2, 0.25) is 0 Å². The van der Waals surface area contributed by atoms with E-state index >= 15 is 0 Å². The van der Waals surface area contributed by atoms with Crippen molar-refractivity contribution in [1.82, 2.24) is 9.80 Å². The van der Waals surface area contributed by atoms with Gasteiger partial charge in [0.15, 0.2) is 5.78 Å². The first-order chi connectivity index (χ1) is 7.00. The molecule has 0 atom stereocenters. The summed E-state index contributed by atoms with van der Waals surface area (Å²) in [5, 5.41) is 0. The number of hydrogen-bond acceptors (Lipinski definition) is 3. The van der Waals surface area contributed by atoms with E-state index in [0.717, 1.165) is 30.4 Å². The summed E-state index contributed by atoms with van der Waals surface area (Å²) in [6, 6.07) is 0. The van der Waals surface area contributed by atoms with Gasteiger partial charge in [0, 0.05) is 51.7 Å². The predicted molar refractivity (Wildman–Crippen MR) is 62.4 cm³/mol. The zero-order valence-corrected chi connectivity index (χ0v) is 10.1.